The van der Waals surface area contributed by atoms with E-state index in [1.807, 2.05) is 30.3 Å². The Morgan fingerprint density at radius 1 is 1.14 bits per heavy atom. The molecule has 3 aromatic rings. The van der Waals surface area contributed by atoms with Crippen molar-refractivity contribution in [2.45, 2.75) is 31.2 Å². The van der Waals surface area contributed by atoms with Crippen molar-refractivity contribution in [3.63, 3.8) is 0 Å². The van der Waals surface area contributed by atoms with Crippen molar-refractivity contribution >= 4 is 17.2 Å². The summed E-state index contributed by atoms with van der Waals surface area (Å²) < 4.78 is 7.71. The van der Waals surface area contributed by atoms with Crippen LogP contribution in [0.5, 0.6) is 0 Å². The summed E-state index contributed by atoms with van der Waals surface area (Å²) in [5.41, 5.74) is 1.95. The lowest BCUT2D eigenvalue weighted by molar-refractivity contribution is -0.124. The topological polar surface area (TPSA) is 56.1 Å². The van der Waals surface area contributed by atoms with Gasteiger partial charge in [0.2, 0.25) is 5.91 Å². The first-order valence-electron chi connectivity index (χ1n) is 9.73. The molecule has 1 N–H and O–H groups in total. The predicted octanol–water partition coefficient (Wildman–Crippen LogP) is 3.87. The number of ether oxygens (including phenoxy) is 1. The molecule has 2 aromatic heterocycles. The normalized spacial score (nSPS) is 16.0. The molecule has 1 aromatic carbocycles. The third-order valence-electron chi connectivity index (χ3n) is 5.35. The van der Waals surface area contributed by atoms with E-state index in [2.05, 4.69) is 39.8 Å². The highest BCUT2D eigenvalue weighted by Crippen LogP contribution is 2.33. The van der Waals surface area contributed by atoms with Crippen LogP contribution in [0.15, 0.2) is 60.2 Å². The van der Waals surface area contributed by atoms with Crippen LogP contribution in [0.2, 0.25) is 0 Å². The summed E-state index contributed by atoms with van der Waals surface area (Å²) in [7, 11) is 0. The van der Waals surface area contributed by atoms with Crippen molar-refractivity contribution < 1.29 is 9.53 Å². The van der Waals surface area contributed by atoms with Gasteiger partial charge in [-0.3, -0.25) is 4.79 Å². The minimum Gasteiger partial charge on any atom is -0.381 e. The molecule has 0 aliphatic carbocycles. The van der Waals surface area contributed by atoms with Crippen molar-refractivity contribution in [3.05, 3.63) is 65.2 Å². The van der Waals surface area contributed by atoms with Gasteiger partial charge in [-0.2, -0.15) is 0 Å². The Labute approximate surface area is 169 Å². The van der Waals surface area contributed by atoms with Gasteiger partial charge in [0.15, 0.2) is 0 Å². The molecule has 146 valence electrons. The van der Waals surface area contributed by atoms with Crippen LogP contribution >= 0.6 is 11.3 Å². The second kappa shape index (κ2) is 8.71. The molecule has 1 fully saturated rings. The summed E-state index contributed by atoms with van der Waals surface area (Å²) in [5, 5.41) is 6.21. The fourth-order valence-corrected chi connectivity index (χ4v) is 4.57. The van der Waals surface area contributed by atoms with Crippen LogP contribution in [0.25, 0.3) is 11.3 Å². The summed E-state index contributed by atoms with van der Waals surface area (Å²) in [5.74, 6) is 0.0930. The number of hydrogen-bond acceptors (Lipinski definition) is 4. The van der Waals surface area contributed by atoms with Gasteiger partial charge in [0.25, 0.3) is 0 Å². The molecule has 1 saturated heterocycles. The van der Waals surface area contributed by atoms with E-state index in [4.69, 9.17) is 9.72 Å². The summed E-state index contributed by atoms with van der Waals surface area (Å²) in [6, 6.07) is 14.2. The zero-order valence-electron chi connectivity index (χ0n) is 15.8. The molecule has 4 rings (SSSR count). The maximum absolute atomic E-state index is 12.6. The molecule has 1 amide bonds. The Morgan fingerprint density at radius 3 is 2.64 bits per heavy atom. The van der Waals surface area contributed by atoms with Crippen LogP contribution in [-0.4, -0.2) is 35.2 Å². The summed E-state index contributed by atoms with van der Waals surface area (Å²) in [6.45, 7) is 2.01. The molecular weight excluding hydrogens is 370 g/mol. The molecule has 1 aliphatic heterocycles. The number of carbonyl (C=O) groups excluding carboxylic acids is 1. The van der Waals surface area contributed by atoms with Gasteiger partial charge in [-0.05, 0) is 25.0 Å². The van der Waals surface area contributed by atoms with Gasteiger partial charge < -0.3 is 14.6 Å². The second-order valence-corrected chi connectivity index (χ2v) is 8.14. The first-order chi connectivity index (χ1) is 13.8. The Kier molecular flexibility index (Phi) is 5.88. The standard InChI is InChI=1S/C22H25N3O2S/c26-20(16-22(9-14-27-15-10-22)25-12-4-5-13-25)23-11-8-21-24-19(17-28-21)18-6-2-1-3-7-18/h1-7,12-13,17H,8-11,14-16H2,(H,23,26). The lowest BCUT2D eigenvalue weighted by atomic mass is 9.86. The molecule has 0 spiro atoms. The van der Waals surface area contributed by atoms with Crippen LogP contribution in [0, 0.1) is 0 Å². The van der Waals surface area contributed by atoms with Crippen molar-refractivity contribution in [3.8, 4) is 11.3 Å². The van der Waals surface area contributed by atoms with Crippen molar-refractivity contribution in [2.24, 2.45) is 0 Å². The van der Waals surface area contributed by atoms with E-state index in [0.29, 0.717) is 26.2 Å². The third kappa shape index (κ3) is 4.34. The monoisotopic (exact) mass is 395 g/mol. The number of rotatable bonds is 7. The Morgan fingerprint density at radius 2 is 1.89 bits per heavy atom. The van der Waals surface area contributed by atoms with Crippen LogP contribution in [-0.2, 0) is 21.5 Å². The van der Waals surface area contributed by atoms with E-state index in [9.17, 15) is 4.79 Å². The molecule has 5 nitrogen and oxygen atoms in total. The van der Waals surface area contributed by atoms with Gasteiger partial charge in [-0.1, -0.05) is 30.3 Å². The number of aromatic nitrogens is 2. The molecule has 0 radical (unpaired) electrons. The van der Waals surface area contributed by atoms with Crippen molar-refractivity contribution in [1.29, 1.82) is 0 Å². The minimum absolute atomic E-state index is 0.0930. The molecule has 1 aliphatic rings. The Hall–Kier alpha value is -2.44. The quantitative estimate of drug-likeness (QED) is 0.661. The number of nitrogens with one attached hydrogen (secondary N) is 1. The molecule has 6 heteroatoms. The Balaban J connectivity index is 1.31. The van der Waals surface area contributed by atoms with Gasteiger partial charge in [-0.25, -0.2) is 4.98 Å². The molecule has 0 bridgehead atoms. The predicted molar refractivity (Wildman–Crippen MR) is 111 cm³/mol. The average molecular weight is 396 g/mol. The number of carbonyl (C=O) groups is 1. The lowest BCUT2D eigenvalue weighted by Crippen LogP contribution is -2.43. The average Bonchev–Trinajstić information content (AvgIpc) is 3.42. The molecule has 0 unspecified atom stereocenters. The van der Waals surface area contributed by atoms with Crippen LogP contribution < -0.4 is 5.32 Å². The lowest BCUT2D eigenvalue weighted by Gasteiger charge is -2.38. The minimum atomic E-state index is -0.173. The molecular formula is C22H25N3O2S. The first kappa shape index (κ1) is 18.9. The van der Waals surface area contributed by atoms with E-state index >= 15 is 0 Å². The van der Waals surface area contributed by atoms with Crippen LogP contribution in [0.1, 0.15) is 24.3 Å². The van der Waals surface area contributed by atoms with Gasteiger partial charge in [-0.15, -0.1) is 11.3 Å². The van der Waals surface area contributed by atoms with E-state index in [1.165, 1.54) is 0 Å². The van der Waals surface area contributed by atoms with Crippen LogP contribution in [0.3, 0.4) is 0 Å². The number of thiazole rings is 1. The van der Waals surface area contributed by atoms with Gasteiger partial charge in [0, 0.05) is 49.5 Å². The number of nitrogens with zero attached hydrogens (tertiary/aromatic N) is 2. The fraction of sp³-hybridized carbons (Fsp3) is 0.364. The van der Waals surface area contributed by atoms with Gasteiger partial charge >= 0.3 is 0 Å². The van der Waals surface area contributed by atoms with E-state index < -0.39 is 0 Å². The summed E-state index contributed by atoms with van der Waals surface area (Å²) >= 11 is 1.65. The van der Waals surface area contributed by atoms with Gasteiger partial charge in [0.05, 0.1) is 22.7 Å². The van der Waals surface area contributed by atoms with Crippen molar-refractivity contribution in [2.75, 3.05) is 19.8 Å². The SMILES string of the molecule is O=C(CC1(n2cccc2)CCOCC1)NCCc1nc(-c2ccccc2)cs1. The molecule has 3 heterocycles. The summed E-state index contributed by atoms with van der Waals surface area (Å²) in [6.07, 6.45) is 7.07. The number of hydrogen-bond donors (Lipinski definition) is 1. The zero-order chi connectivity index (χ0) is 19.2. The fourth-order valence-electron chi connectivity index (χ4n) is 3.77. The van der Waals surface area contributed by atoms with E-state index in [-0.39, 0.29) is 11.4 Å². The molecule has 0 atom stereocenters. The smallest absolute Gasteiger partial charge is 0.222 e. The van der Waals surface area contributed by atoms with E-state index in [1.54, 1.807) is 11.3 Å². The first-order valence-corrected chi connectivity index (χ1v) is 10.6. The maximum Gasteiger partial charge on any atom is 0.222 e. The maximum atomic E-state index is 12.6. The largest absolute Gasteiger partial charge is 0.381 e. The second-order valence-electron chi connectivity index (χ2n) is 7.20. The van der Waals surface area contributed by atoms with Gasteiger partial charge in [0.1, 0.15) is 0 Å². The zero-order valence-corrected chi connectivity index (χ0v) is 16.7. The summed E-state index contributed by atoms with van der Waals surface area (Å²) in [4.78, 5) is 17.3. The highest BCUT2D eigenvalue weighted by Gasteiger charge is 2.35. The highest BCUT2D eigenvalue weighted by molar-refractivity contribution is 7.09. The van der Waals surface area contributed by atoms with Crippen molar-refractivity contribution in [1.82, 2.24) is 14.9 Å². The van der Waals surface area contributed by atoms with E-state index in [0.717, 1.165) is 35.5 Å². The molecule has 0 saturated carbocycles. The highest BCUT2D eigenvalue weighted by atomic mass is 32.1. The number of amides is 1. The third-order valence-corrected chi connectivity index (χ3v) is 6.26. The Bertz CT molecular complexity index is 884. The van der Waals surface area contributed by atoms with Crippen LogP contribution in [0.4, 0.5) is 0 Å². The number of benzene rings is 1. The molecule has 28 heavy (non-hydrogen) atoms.